The molecule has 1 heterocycles. The maximum atomic E-state index is 12.6. The van der Waals surface area contributed by atoms with E-state index in [1.807, 2.05) is 0 Å². The lowest BCUT2D eigenvalue weighted by Crippen LogP contribution is -2.40. The summed E-state index contributed by atoms with van der Waals surface area (Å²) in [6, 6.07) is 4.71. The van der Waals surface area contributed by atoms with Crippen molar-refractivity contribution < 1.29 is 17.4 Å². The molecule has 1 aliphatic heterocycles. The molecule has 0 amide bonds. The minimum Gasteiger partial charge on any atom is -0.317 e. The third-order valence-electron chi connectivity index (χ3n) is 2.99. The molecule has 1 fully saturated rings. The van der Waals surface area contributed by atoms with Gasteiger partial charge in [0, 0.05) is 6.04 Å². The van der Waals surface area contributed by atoms with Crippen molar-refractivity contribution in [2.45, 2.75) is 30.0 Å². The first-order chi connectivity index (χ1) is 8.97. The van der Waals surface area contributed by atoms with Crippen LogP contribution < -0.4 is 10.0 Å². The molecule has 1 aliphatic rings. The minimum absolute atomic E-state index is 0.0802. The van der Waals surface area contributed by atoms with Gasteiger partial charge in [0.1, 0.15) is 11.0 Å². The lowest BCUT2D eigenvalue weighted by atomic mass is 10.1. The lowest BCUT2D eigenvalue weighted by Gasteiger charge is -2.23. The Kier molecular flexibility index (Phi) is 4.59. The smallest absolute Gasteiger partial charge is 0.317 e. The Hall–Kier alpha value is -0.920. The second kappa shape index (κ2) is 6.02. The van der Waals surface area contributed by atoms with E-state index in [1.165, 1.54) is 12.1 Å². The molecule has 106 valence electrons. The molecular formula is C12H15F3N2OS. The summed E-state index contributed by atoms with van der Waals surface area (Å²) >= 11 is 0. The van der Waals surface area contributed by atoms with Gasteiger partial charge in [-0.3, -0.25) is 0 Å². The Morgan fingerprint density at radius 1 is 1.26 bits per heavy atom. The molecular weight excluding hydrogens is 277 g/mol. The Morgan fingerprint density at radius 3 is 2.58 bits per heavy atom. The largest absolute Gasteiger partial charge is 0.416 e. The summed E-state index contributed by atoms with van der Waals surface area (Å²) in [7, 11) is -1.60. The summed E-state index contributed by atoms with van der Waals surface area (Å²) in [5.74, 6) is 0. The van der Waals surface area contributed by atoms with Crippen molar-refractivity contribution in [1.29, 1.82) is 0 Å². The van der Waals surface area contributed by atoms with Crippen LogP contribution in [0.4, 0.5) is 13.2 Å². The molecule has 1 aromatic carbocycles. The third kappa shape index (κ3) is 4.02. The maximum absolute atomic E-state index is 12.6. The van der Waals surface area contributed by atoms with Crippen molar-refractivity contribution >= 4 is 11.0 Å². The zero-order valence-corrected chi connectivity index (χ0v) is 11.0. The van der Waals surface area contributed by atoms with E-state index in [1.54, 1.807) is 0 Å². The van der Waals surface area contributed by atoms with Crippen molar-refractivity contribution in [1.82, 2.24) is 10.0 Å². The standard InChI is InChI=1S/C12H15F3N2OS/c13-12(14,15)9-2-1-3-11(8-9)19(18)17-10-4-6-16-7-5-10/h1-3,8,10,16-17H,4-7H2. The minimum atomic E-state index is -4.41. The molecule has 0 aromatic heterocycles. The third-order valence-corrected chi connectivity index (χ3v) is 4.22. The maximum Gasteiger partial charge on any atom is 0.416 e. The van der Waals surface area contributed by atoms with E-state index in [0.29, 0.717) is 0 Å². The number of nitrogens with one attached hydrogen (secondary N) is 2. The first-order valence-electron chi connectivity index (χ1n) is 6.03. The zero-order chi connectivity index (χ0) is 13.9. The van der Waals surface area contributed by atoms with Crippen molar-refractivity contribution in [2.75, 3.05) is 13.1 Å². The first kappa shape index (κ1) is 14.5. The molecule has 3 nitrogen and oxygen atoms in total. The zero-order valence-electron chi connectivity index (χ0n) is 10.2. The topological polar surface area (TPSA) is 41.1 Å². The molecule has 0 spiro atoms. The molecule has 1 atom stereocenters. The van der Waals surface area contributed by atoms with Gasteiger partial charge in [0.2, 0.25) is 0 Å². The van der Waals surface area contributed by atoms with Gasteiger partial charge >= 0.3 is 6.18 Å². The Labute approximate surface area is 112 Å². The summed E-state index contributed by atoms with van der Waals surface area (Å²) in [5.41, 5.74) is -0.773. The van der Waals surface area contributed by atoms with Crippen LogP contribution in [0.1, 0.15) is 18.4 Å². The van der Waals surface area contributed by atoms with Gasteiger partial charge in [-0.05, 0) is 44.1 Å². The van der Waals surface area contributed by atoms with Crippen molar-refractivity contribution in [3.63, 3.8) is 0 Å². The average molecular weight is 292 g/mol. The van der Waals surface area contributed by atoms with Gasteiger partial charge in [-0.2, -0.15) is 13.2 Å². The van der Waals surface area contributed by atoms with Gasteiger partial charge in [0.25, 0.3) is 0 Å². The van der Waals surface area contributed by atoms with Crippen LogP contribution in [0.15, 0.2) is 29.2 Å². The molecule has 1 saturated heterocycles. The van der Waals surface area contributed by atoms with Gasteiger partial charge in [0.05, 0.1) is 10.5 Å². The molecule has 2 N–H and O–H groups in total. The lowest BCUT2D eigenvalue weighted by molar-refractivity contribution is -0.137. The van der Waals surface area contributed by atoms with Crippen LogP contribution in [0.2, 0.25) is 0 Å². The van der Waals surface area contributed by atoms with E-state index in [-0.39, 0.29) is 10.9 Å². The van der Waals surface area contributed by atoms with Crippen LogP contribution in [-0.4, -0.2) is 23.3 Å². The average Bonchev–Trinajstić information content (AvgIpc) is 2.39. The van der Waals surface area contributed by atoms with E-state index in [4.69, 9.17) is 0 Å². The van der Waals surface area contributed by atoms with E-state index in [0.717, 1.165) is 38.1 Å². The van der Waals surface area contributed by atoms with Gasteiger partial charge in [-0.25, -0.2) is 8.93 Å². The fourth-order valence-electron chi connectivity index (χ4n) is 1.95. The Bertz CT molecular complexity index is 459. The molecule has 2 rings (SSSR count). The highest BCUT2D eigenvalue weighted by Gasteiger charge is 2.31. The van der Waals surface area contributed by atoms with Gasteiger partial charge in [0.15, 0.2) is 0 Å². The Morgan fingerprint density at radius 2 is 1.95 bits per heavy atom. The first-order valence-corrected chi connectivity index (χ1v) is 7.18. The fourth-order valence-corrected chi connectivity index (χ4v) is 3.06. The highest BCUT2D eigenvalue weighted by atomic mass is 32.2. The van der Waals surface area contributed by atoms with Crippen LogP contribution in [0.3, 0.4) is 0 Å². The SMILES string of the molecule is O=S(NC1CCNCC1)c1cccc(C(F)(F)F)c1. The normalized spacial score (nSPS) is 19.3. The monoisotopic (exact) mass is 292 g/mol. The molecule has 0 saturated carbocycles. The second-order valence-electron chi connectivity index (χ2n) is 4.44. The molecule has 7 heteroatoms. The van der Waals surface area contributed by atoms with Crippen LogP contribution in [0, 0.1) is 0 Å². The predicted octanol–water partition coefficient (Wildman–Crippen LogP) is 2.07. The summed E-state index contributed by atoms with van der Waals surface area (Å²) in [6.07, 6.45) is -2.76. The van der Waals surface area contributed by atoms with Crippen LogP contribution in [0.25, 0.3) is 0 Å². The molecule has 1 aromatic rings. The molecule has 1 unspecified atom stereocenters. The van der Waals surface area contributed by atoms with Crippen LogP contribution in [0.5, 0.6) is 0 Å². The molecule has 0 aliphatic carbocycles. The predicted molar refractivity (Wildman–Crippen MR) is 66.9 cm³/mol. The molecule has 0 radical (unpaired) electrons. The van der Waals surface area contributed by atoms with E-state index in [2.05, 4.69) is 10.0 Å². The second-order valence-corrected chi connectivity index (χ2v) is 5.68. The molecule has 0 bridgehead atoms. The summed E-state index contributed by atoms with van der Waals surface area (Å²) in [6.45, 7) is 1.66. The number of halogens is 3. The van der Waals surface area contributed by atoms with E-state index < -0.39 is 22.7 Å². The van der Waals surface area contributed by atoms with Crippen LogP contribution >= 0.6 is 0 Å². The highest BCUT2D eigenvalue weighted by Crippen LogP contribution is 2.30. The highest BCUT2D eigenvalue weighted by molar-refractivity contribution is 7.83. The number of hydrogen-bond donors (Lipinski definition) is 2. The van der Waals surface area contributed by atoms with Gasteiger partial charge in [-0.15, -0.1) is 0 Å². The number of hydrogen-bond acceptors (Lipinski definition) is 2. The van der Waals surface area contributed by atoms with E-state index in [9.17, 15) is 17.4 Å². The van der Waals surface area contributed by atoms with Gasteiger partial charge in [-0.1, -0.05) is 6.07 Å². The summed E-state index contributed by atoms with van der Waals surface area (Å²) < 4.78 is 52.6. The Balaban J connectivity index is 2.06. The summed E-state index contributed by atoms with van der Waals surface area (Å²) in [5, 5.41) is 3.17. The van der Waals surface area contributed by atoms with Crippen molar-refractivity contribution in [2.24, 2.45) is 0 Å². The van der Waals surface area contributed by atoms with E-state index >= 15 is 0 Å². The quantitative estimate of drug-likeness (QED) is 0.895. The molecule has 19 heavy (non-hydrogen) atoms. The van der Waals surface area contributed by atoms with Crippen LogP contribution in [-0.2, 0) is 17.2 Å². The summed E-state index contributed by atoms with van der Waals surface area (Å²) in [4.78, 5) is 0.161. The van der Waals surface area contributed by atoms with Crippen molar-refractivity contribution in [3.05, 3.63) is 29.8 Å². The number of alkyl halides is 3. The number of piperidine rings is 1. The van der Waals surface area contributed by atoms with Gasteiger partial charge < -0.3 is 5.32 Å². The number of benzene rings is 1. The van der Waals surface area contributed by atoms with Crippen molar-refractivity contribution in [3.8, 4) is 0 Å². The fraction of sp³-hybridized carbons (Fsp3) is 0.500. The number of rotatable bonds is 3.